The van der Waals surface area contributed by atoms with Gasteiger partial charge in [-0.1, -0.05) is 60.9 Å². The van der Waals surface area contributed by atoms with Gasteiger partial charge in [-0.15, -0.1) is 0 Å². The van der Waals surface area contributed by atoms with E-state index in [9.17, 15) is 19.5 Å². The van der Waals surface area contributed by atoms with Crippen LogP contribution < -0.4 is 10.6 Å². The first-order valence-electron chi connectivity index (χ1n) is 11.0. The molecule has 0 heterocycles. The molecule has 2 unspecified atom stereocenters. The monoisotopic (exact) mass is 446 g/mol. The topological polar surface area (TPSA) is 105 Å². The van der Waals surface area contributed by atoms with Gasteiger partial charge in [-0.05, 0) is 47.9 Å². The van der Waals surface area contributed by atoms with E-state index in [-0.39, 0.29) is 19.1 Å². The van der Waals surface area contributed by atoms with Crippen LogP contribution in [0, 0.1) is 17.3 Å². The molecule has 2 aliphatic carbocycles. The van der Waals surface area contributed by atoms with Crippen molar-refractivity contribution >= 4 is 18.0 Å². The maximum Gasteiger partial charge on any atom is 0.407 e. The first kappa shape index (κ1) is 22.4. The normalized spacial score (nSPS) is 20.7. The number of carboxylic acids is 1. The van der Waals surface area contributed by atoms with Crippen LogP contribution in [-0.2, 0) is 14.3 Å². The number of amides is 2. The molecule has 2 aromatic carbocycles. The summed E-state index contributed by atoms with van der Waals surface area (Å²) < 4.78 is 5.42. The molecule has 7 nitrogen and oxygen atoms in total. The zero-order chi connectivity index (χ0) is 23.4. The molecule has 1 fully saturated rings. The van der Waals surface area contributed by atoms with Gasteiger partial charge in [0.2, 0.25) is 0 Å². The van der Waals surface area contributed by atoms with Crippen LogP contribution in [-0.4, -0.2) is 42.3 Å². The van der Waals surface area contributed by atoms with Gasteiger partial charge >= 0.3 is 12.1 Å². The van der Waals surface area contributed by atoms with E-state index in [1.165, 1.54) is 0 Å². The lowest BCUT2D eigenvalue weighted by Gasteiger charge is -2.26. The Bertz CT molecular complexity index is 1100. The summed E-state index contributed by atoms with van der Waals surface area (Å²) in [6.45, 7) is 1.79. The fraction of sp³-hybridized carbons (Fsp3) is 0.346. The lowest BCUT2D eigenvalue weighted by molar-refractivity contribution is -0.148. The second kappa shape index (κ2) is 9.37. The van der Waals surface area contributed by atoms with E-state index >= 15 is 0 Å². The Morgan fingerprint density at radius 1 is 1.09 bits per heavy atom. The number of rotatable bonds is 5. The minimum Gasteiger partial charge on any atom is -0.481 e. The molecule has 3 N–H and O–H groups in total. The first-order chi connectivity index (χ1) is 15.9. The molecular weight excluding hydrogens is 420 g/mol. The van der Waals surface area contributed by atoms with Crippen LogP contribution in [0.4, 0.5) is 4.79 Å². The molecule has 4 rings (SSSR count). The minimum absolute atomic E-state index is 0.0324. The SMILES string of the molecule is CC1(C(=O)O)CCCC1NC(=O)C#CCNC(=O)OCC1c2ccccc2-c2ccccc21. The third kappa shape index (κ3) is 4.56. The molecule has 2 aromatic rings. The van der Waals surface area contributed by atoms with E-state index in [1.54, 1.807) is 6.92 Å². The summed E-state index contributed by atoms with van der Waals surface area (Å²) >= 11 is 0. The van der Waals surface area contributed by atoms with Crippen LogP contribution in [0.15, 0.2) is 48.5 Å². The summed E-state index contributed by atoms with van der Waals surface area (Å²) in [4.78, 5) is 35.7. The van der Waals surface area contributed by atoms with Crippen LogP contribution >= 0.6 is 0 Å². The molecule has 0 aliphatic heterocycles. The Morgan fingerprint density at radius 3 is 2.36 bits per heavy atom. The molecule has 1 saturated carbocycles. The Kier molecular flexibility index (Phi) is 6.36. The van der Waals surface area contributed by atoms with Crippen molar-refractivity contribution in [1.82, 2.24) is 10.6 Å². The van der Waals surface area contributed by atoms with Crippen molar-refractivity contribution in [2.75, 3.05) is 13.2 Å². The summed E-state index contributed by atoms with van der Waals surface area (Å²) in [5, 5.41) is 14.6. The first-order valence-corrected chi connectivity index (χ1v) is 11.0. The van der Waals surface area contributed by atoms with Gasteiger partial charge in [0.1, 0.15) is 6.61 Å². The van der Waals surface area contributed by atoms with Gasteiger partial charge in [-0.3, -0.25) is 9.59 Å². The maximum atomic E-state index is 12.1. The number of fused-ring (bicyclic) bond motifs is 3. The lowest BCUT2D eigenvalue weighted by Crippen LogP contribution is -2.46. The predicted molar refractivity (Wildman–Crippen MR) is 122 cm³/mol. The zero-order valence-corrected chi connectivity index (χ0v) is 18.4. The smallest absolute Gasteiger partial charge is 0.407 e. The second-order valence-electron chi connectivity index (χ2n) is 8.62. The summed E-state index contributed by atoms with van der Waals surface area (Å²) in [6.07, 6.45) is 1.25. The third-order valence-electron chi connectivity index (χ3n) is 6.62. The lowest BCUT2D eigenvalue weighted by atomic mass is 9.85. The largest absolute Gasteiger partial charge is 0.481 e. The van der Waals surface area contributed by atoms with Crippen LogP contribution in [0.5, 0.6) is 0 Å². The number of ether oxygens (including phenoxy) is 1. The highest BCUT2D eigenvalue weighted by Gasteiger charge is 2.45. The number of hydrogen-bond donors (Lipinski definition) is 3. The minimum atomic E-state index is -0.975. The van der Waals surface area contributed by atoms with Crippen LogP contribution in [0.25, 0.3) is 11.1 Å². The molecule has 2 aliphatic rings. The molecule has 0 saturated heterocycles. The molecule has 2 amide bonds. The van der Waals surface area contributed by atoms with Gasteiger partial charge in [0.25, 0.3) is 5.91 Å². The summed E-state index contributed by atoms with van der Waals surface area (Å²) in [6, 6.07) is 15.7. The number of carbonyl (C=O) groups is 3. The quantitative estimate of drug-likeness (QED) is 0.612. The zero-order valence-electron chi connectivity index (χ0n) is 18.4. The number of nitrogens with one attached hydrogen (secondary N) is 2. The molecule has 0 aromatic heterocycles. The fourth-order valence-corrected chi connectivity index (χ4v) is 4.74. The maximum absolute atomic E-state index is 12.1. The molecule has 0 radical (unpaired) electrons. The van der Waals surface area contributed by atoms with Gasteiger partial charge in [-0.25, -0.2) is 4.79 Å². The van der Waals surface area contributed by atoms with E-state index in [1.807, 2.05) is 36.4 Å². The highest BCUT2D eigenvalue weighted by atomic mass is 16.5. The molecule has 0 spiro atoms. The molecule has 7 heteroatoms. The van der Waals surface area contributed by atoms with Gasteiger partial charge in [0.15, 0.2) is 0 Å². The van der Waals surface area contributed by atoms with E-state index in [2.05, 4.69) is 34.6 Å². The Morgan fingerprint density at radius 2 is 1.73 bits per heavy atom. The average Bonchev–Trinajstić information content (AvgIpc) is 3.34. The summed E-state index contributed by atoms with van der Waals surface area (Å²) in [7, 11) is 0. The molecular formula is C26H26N2O5. The predicted octanol–water partition coefficient (Wildman–Crippen LogP) is 3.29. The number of carbonyl (C=O) groups excluding carboxylic acids is 2. The second-order valence-corrected chi connectivity index (χ2v) is 8.62. The van der Waals surface area contributed by atoms with Crippen LogP contribution in [0.1, 0.15) is 43.2 Å². The average molecular weight is 447 g/mol. The summed E-state index contributed by atoms with van der Waals surface area (Å²) in [5.41, 5.74) is 3.59. The van der Waals surface area contributed by atoms with Gasteiger partial charge in [0, 0.05) is 12.0 Å². The number of benzene rings is 2. The molecule has 2 atom stereocenters. The van der Waals surface area contributed by atoms with Crippen molar-refractivity contribution in [2.24, 2.45) is 5.41 Å². The third-order valence-corrected chi connectivity index (χ3v) is 6.62. The van der Waals surface area contributed by atoms with E-state index in [0.29, 0.717) is 12.8 Å². The van der Waals surface area contributed by atoms with E-state index in [0.717, 1.165) is 28.7 Å². The number of aliphatic carboxylic acids is 1. The van der Waals surface area contributed by atoms with Crippen molar-refractivity contribution in [3.05, 3.63) is 59.7 Å². The van der Waals surface area contributed by atoms with Crippen molar-refractivity contribution in [3.63, 3.8) is 0 Å². The molecule has 170 valence electrons. The number of hydrogen-bond acceptors (Lipinski definition) is 4. The van der Waals surface area contributed by atoms with Crippen LogP contribution in [0.2, 0.25) is 0 Å². The van der Waals surface area contributed by atoms with Crippen molar-refractivity contribution < 1.29 is 24.2 Å². The Hall–Kier alpha value is -3.79. The standard InChI is InChI=1S/C26H26N2O5/c1-26(24(30)31)14-6-12-22(26)28-23(29)13-7-15-27-25(32)33-16-21-19-10-4-2-8-17(19)18-9-3-5-11-20(18)21/h2-5,8-11,21-22H,6,12,14-16H2,1H3,(H,27,32)(H,28,29)(H,30,31). The van der Waals surface area contributed by atoms with Gasteiger partial charge in [0.05, 0.1) is 12.0 Å². The Balaban J connectivity index is 1.26. The highest BCUT2D eigenvalue weighted by molar-refractivity contribution is 5.94. The Labute approximate surface area is 192 Å². The summed E-state index contributed by atoms with van der Waals surface area (Å²) in [5.74, 6) is 3.48. The van der Waals surface area contributed by atoms with Crippen molar-refractivity contribution in [1.29, 1.82) is 0 Å². The van der Waals surface area contributed by atoms with Crippen molar-refractivity contribution in [3.8, 4) is 23.0 Å². The number of carboxylic acid groups (broad SMARTS) is 1. The van der Waals surface area contributed by atoms with E-state index < -0.39 is 29.4 Å². The van der Waals surface area contributed by atoms with Gasteiger partial charge in [-0.2, -0.15) is 0 Å². The fourth-order valence-electron chi connectivity index (χ4n) is 4.74. The number of alkyl carbamates (subject to hydrolysis) is 1. The van der Waals surface area contributed by atoms with Crippen LogP contribution in [0.3, 0.4) is 0 Å². The molecule has 0 bridgehead atoms. The van der Waals surface area contributed by atoms with E-state index in [4.69, 9.17) is 4.74 Å². The van der Waals surface area contributed by atoms with Crippen molar-refractivity contribution in [2.45, 2.75) is 38.1 Å². The highest BCUT2D eigenvalue weighted by Crippen LogP contribution is 2.44. The molecule has 33 heavy (non-hydrogen) atoms. The van der Waals surface area contributed by atoms with Gasteiger partial charge < -0.3 is 20.5 Å².